The van der Waals surface area contributed by atoms with Crippen molar-refractivity contribution in [1.82, 2.24) is 4.90 Å². The van der Waals surface area contributed by atoms with Crippen molar-refractivity contribution < 1.29 is 0 Å². The van der Waals surface area contributed by atoms with Crippen molar-refractivity contribution in [2.24, 2.45) is 11.5 Å². The molecule has 0 saturated heterocycles. The number of terminal acetylenes is 1. The van der Waals surface area contributed by atoms with Gasteiger partial charge < -0.3 is 11.5 Å². The Bertz CT molecular complexity index is 326. The summed E-state index contributed by atoms with van der Waals surface area (Å²) in [6.07, 6.45) is 4.38. The van der Waals surface area contributed by atoms with Gasteiger partial charge in [-0.05, 0) is 70.1 Å². The zero-order valence-electron chi connectivity index (χ0n) is 12.5. The van der Waals surface area contributed by atoms with Gasteiger partial charge in [0.1, 0.15) is 0 Å². The lowest BCUT2D eigenvalue weighted by Gasteiger charge is -2.04. The number of nitrogens with two attached hydrogens (primary N) is 2. The Kier molecular flexibility index (Phi) is 11.1. The fourth-order valence-electron chi connectivity index (χ4n) is 1.10. The smallest absolute Gasteiger partial charge is 0.0449 e. The molecule has 18 heavy (non-hydrogen) atoms. The molecule has 0 spiro atoms. The van der Waals surface area contributed by atoms with Gasteiger partial charge in [0.25, 0.3) is 0 Å². The Morgan fingerprint density at radius 2 is 1.17 bits per heavy atom. The number of hydrogen-bond acceptors (Lipinski definition) is 3. The van der Waals surface area contributed by atoms with Gasteiger partial charge in [-0.2, -0.15) is 0 Å². The van der Waals surface area contributed by atoms with Crippen LogP contribution in [-0.2, 0) is 0 Å². The first-order valence-corrected chi connectivity index (χ1v) is 5.85. The van der Waals surface area contributed by atoms with Crippen LogP contribution in [-0.4, -0.2) is 25.7 Å². The van der Waals surface area contributed by atoms with Crippen molar-refractivity contribution >= 4 is 0 Å². The predicted molar refractivity (Wildman–Crippen MR) is 81.2 cm³/mol. The molecule has 0 heterocycles. The normalized spacial score (nSPS) is 8.61. The fourth-order valence-corrected chi connectivity index (χ4v) is 1.10. The average molecular weight is 249 g/mol. The Balaban J connectivity index is 0. The summed E-state index contributed by atoms with van der Waals surface area (Å²) in [5, 5.41) is 0. The second kappa shape index (κ2) is 10.6. The molecule has 0 bridgehead atoms. The molecule has 0 aliphatic carbocycles. The molecule has 0 radical (unpaired) electrons. The van der Waals surface area contributed by atoms with E-state index in [-0.39, 0.29) is 0 Å². The maximum Gasteiger partial charge on any atom is 0.0449 e. The van der Waals surface area contributed by atoms with E-state index in [1.54, 1.807) is 6.04 Å². The molecule has 0 unspecified atom stereocenters. The molecule has 102 valence electrons. The van der Waals surface area contributed by atoms with Crippen molar-refractivity contribution in [3.05, 3.63) is 34.4 Å². The topological polar surface area (TPSA) is 55.3 Å². The van der Waals surface area contributed by atoms with Crippen LogP contribution < -0.4 is 11.5 Å². The third-order valence-electron chi connectivity index (χ3n) is 2.48. The summed E-state index contributed by atoms with van der Waals surface area (Å²) in [5.41, 5.74) is 15.0. The van der Waals surface area contributed by atoms with Crippen molar-refractivity contribution in [1.29, 1.82) is 0 Å². The van der Waals surface area contributed by atoms with Crippen molar-refractivity contribution in [3.8, 4) is 12.5 Å². The van der Waals surface area contributed by atoms with E-state index < -0.39 is 0 Å². The summed E-state index contributed by atoms with van der Waals surface area (Å²) in [6, 6.07) is 6.23. The van der Waals surface area contributed by atoms with Crippen molar-refractivity contribution in [3.63, 3.8) is 0 Å². The lowest BCUT2D eigenvalue weighted by molar-refractivity contribution is 0.423. The van der Waals surface area contributed by atoms with Crippen LogP contribution >= 0.6 is 0 Å². The minimum absolute atomic E-state index is 0.639. The summed E-state index contributed by atoms with van der Waals surface area (Å²) in [6.45, 7) is 9.26. The third-order valence-corrected chi connectivity index (χ3v) is 2.48. The Hall–Kier alpha value is -1.50. The number of nitrogens with zero attached hydrogens (tertiary/aromatic N) is 1. The molecule has 0 fully saturated rings. The van der Waals surface area contributed by atoms with Crippen molar-refractivity contribution in [2.75, 3.05) is 20.8 Å². The first kappa shape index (κ1) is 18.9. The van der Waals surface area contributed by atoms with Gasteiger partial charge in [0, 0.05) is 6.67 Å². The summed E-state index contributed by atoms with van der Waals surface area (Å²) < 4.78 is 0. The Morgan fingerprint density at radius 3 is 1.28 bits per heavy atom. The zero-order chi connectivity index (χ0) is 14.7. The van der Waals surface area contributed by atoms with E-state index in [4.69, 9.17) is 5.73 Å². The minimum atomic E-state index is 0.639. The molecule has 0 amide bonds. The van der Waals surface area contributed by atoms with Gasteiger partial charge >= 0.3 is 0 Å². The van der Waals surface area contributed by atoms with Crippen molar-refractivity contribution in [2.45, 2.75) is 27.7 Å². The quantitative estimate of drug-likeness (QED) is 0.454. The highest BCUT2D eigenvalue weighted by atomic mass is 15.1. The van der Waals surface area contributed by atoms with Gasteiger partial charge in [-0.3, -0.25) is 4.90 Å². The van der Waals surface area contributed by atoms with Gasteiger partial charge in [0.2, 0.25) is 0 Å². The summed E-state index contributed by atoms with van der Waals surface area (Å²) in [5.74, 6) is 0. The molecule has 1 aromatic carbocycles. The summed E-state index contributed by atoms with van der Waals surface area (Å²) in [4.78, 5) is 1.90. The molecule has 0 aliphatic rings. The maximum atomic E-state index is 5.10. The van der Waals surface area contributed by atoms with Crippen LogP contribution in [0.5, 0.6) is 0 Å². The monoisotopic (exact) mass is 249 g/mol. The highest BCUT2D eigenvalue weighted by molar-refractivity contribution is 5.35. The Labute approximate surface area is 112 Å². The molecular weight excluding hydrogens is 222 g/mol. The van der Waals surface area contributed by atoms with Crippen LogP contribution in [0.3, 0.4) is 0 Å². The van der Waals surface area contributed by atoms with Crippen LogP contribution in [0.15, 0.2) is 12.1 Å². The molecule has 0 aromatic heterocycles. The highest BCUT2D eigenvalue weighted by Crippen LogP contribution is 2.13. The second-order valence-electron chi connectivity index (χ2n) is 4.45. The zero-order valence-corrected chi connectivity index (χ0v) is 12.5. The lowest BCUT2D eigenvalue weighted by atomic mass is 10.0. The number of aryl methyl sites for hydroxylation is 4. The molecular formula is C15H27N3. The van der Waals surface area contributed by atoms with E-state index in [0.717, 1.165) is 0 Å². The van der Waals surface area contributed by atoms with Crippen LogP contribution in [0, 0.1) is 40.2 Å². The average Bonchev–Trinajstić information content (AvgIpc) is 2.28. The highest BCUT2D eigenvalue weighted by Gasteiger charge is 1.95. The van der Waals surface area contributed by atoms with Crippen LogP contribution in [0.1, 0.15) is 22.3 Å². The number of hydrogen-bond donors (Lipinski definition) is 2. The SMILES string of the molecule is C#CN.CN(C)CN.Cc1cc(C)c(C)cc1C. The molecule has 3 heteroatoms. The first-order valence-electron chi connectivity index (χ1n) is 5.85. The minimum Gasteiger partial charge on any atom is -0.360 e. The van der Waals surface area contributed by atoms with E-state index in [9.17, 15) is 0 Å². The van der Waals surface area contributed by atoms with E-state index in [1.807, 2.05) is 19.0 Å². The molecule has 0 aliphatic heterocycles. The predicted octanol–water partition coefficient (Wildman–Crippen LogP) is 1.92. The van der Waals surface area contributed by atoms with Gasteiger partial charge in [-0.1, -0.05) is 18.6 Å². The molecule has 3 nitrogen and oxygen atoms in total. The summed E-state index contributed by atoms with van der Waals surface area (Å²) in [7, 11) is 3.86. The molecule has 1 rings (SSSR count). The molecule has 4 N–H and O–H groups in total. The van der Waals surface area contributed by atoms with E-state index in [2.05, 4.69) is 52.0 Å². The fraction of sp³-hybridized carbons (Fsp3) is 0.467. The van der Waals surface area contributed by atoms with Gasteiger partial charge in [-0.25, -0.2) is 0 Å². The van der Waals surface area contributed by atoms with E-state index in [1.165, 1.54) is 22.3 Å². The number of benzene rings is 1. The first-order chi connectivity index (χ1) is 8.29. The standard InChI is InChI=1S/C10H14.C3H10N2.C2H3N/c1-7-5-9(3)10(4)6-8(7)2;1-5(2)3-4;1-2-3/h5-6H,1-4H3;3-4H2,1-2H3;1H,3H2. The molecule has 0 saturated carbocycles. The second-order valence-corrected chi connectivity index (χ2v) is 4.45. The Morgan fingerprint density at radius 1 is 1.00 bits per heavy atom. The van der Waals surface area contributed by atoms with Gasteiger partial charge in [0.05, 0.1) is 0 Å². The third kappa shape index (κ3) is 9.71. The van der Waals surface area contributed by atoms with E-state index >= 15 is 0 Å². The molecule has 0 atom stereocenters. The maximum absolute atomic E-state index is 5.10. The van der Waals surface area contributed by atoms with Gasteiger partial charge in [0.15, 0.2) is 0 Å². The molecule has 1 aromatic rings. The van der Waals surface area contributed by atoms with Gasteiger partial charge in [-0.15, -0.1) is 0 Å². The lowest BCUT2D eigenvalue weighted by Crippen LogP contribution is -2.20. The van der Waals surface area contributed by atoms with Crippen LogP contribution in [0.25, 0.3) is 0 Å². The summed E-state index contributed by atoms with van der Waals surface area (Å²) >= 11 is 0. The van der Waals surface area contributed by atoms with E-state index in [0.29, 0.717) is 6.67 Å². The largest absolute Gasteiger partial charge is 0.360 e. The number of rotatable bonds is 1. The van der Waals surface area contributed by atoms with Crippen LogP contribution in [0.4, 0.5) is 0 Å². The van der Waals surface area contributed by atoms with Crippen LogP contribution in [0.2, 0.25) is 0 Å².